The minimum absolute atomic E-state index is 0.382. The van der Waals surface area contributed by atoms with E-state index in [1.165, 1.54) is 12.1 Å². The first-order valence-corrected chi connectivity index (χ1v) is 9.32. The van der Waals surface area contributed by atoms with Gasteiger partial charge in [0.05, 0.1) is 17.2 Å². The van der Waals surface area contributed by atoms with E-state index in [1.807, 2.05) is 49.8 Å². The molecule has 1 unspecified atom stereocenters. The minimum atomic E-state index is -0.583. The van der Waals surface area contributed by atoms with Gasteiger partial charge in [-0.3, -0.25) is 9.58 Å². The molecular formula is C21H23FN4O2. The van der Waals surface area contributed by atoms with Crippen molar-refractivity contribution in [3.63, 3.8) is 0 Å². The SMILES string of the molecule is CCn1cc2c(N(C(N)=O)C3CC(C)(C)Oc4cc(F)ccc43)cccc2n1. The number of aromatic nitrogens is 2. The Morgan fingerprint density at radius 2 is 2.18 bits per heavy atom. The van der Waals surface area contributed by atoms with E-state index in [0.717, 1.165) is 23.0 Å². The maximum atomic E-state index is 13.8. The molecule has 0 radical (unpaired) electrons. The van der Waals surface area contributed by atoms with Gasteiger partial charge in [-0.15, -0.1) is 0 Å². The highest BCUT2D eigenvalue weighted by atomic mass is 19.1. The number of nitrogens with two attached hydrogens (primary N) is 1. The Hall–Kier alpha value is -3.09. The number of halogens is 1. The number of fused-ring (bicyclic) bond motifs is 2. The molecule has 6 nitrogen and oxygen atoms in total. The summed E-state index contributed by atoms with van der Waals surface area (Å²) in [6, 6.07) is 9.07. The number of carbonyl (C=O) groups excluding carboxylic acids is 1. The third-order valence-corrected chi connectivity index (χ3v) is 5.11. The first-order valence-electron chi connectivity index (χ1n) is 9.32. The van der Waals surface area contributed by atoms with Crippen molar-refractivity contribution in [2.75, 3.05) is 4.90 Å². The average Bonchev–Trinajstić information content (AvgIpc) is 3.04. The lowest BCUT2D eigenvalue weighted by Gasteiger charge is -2.42. The molecule has 28 heavy (non-hydrogen) atoms. The molecule has 3 aromatic rings. The summed E-state index contributed by atoms with van der Waals surface area (Å²) in [5.41, 5.74) is 7.47. The van der Waals surface area contributed by atoms with Gasteiger partial charge in [-0.1, -0.05) is 12.1 Å². The summed E-state index contributed by atoms with van der Waals surface area (Å²) in [5.74, 6) is 0.0519. The zero-order valence-electron chi connectivity index (χ0n) is 16.1. The second-order valence-electron chi connectivity index (χ2n) is 7.67. The van der Waals surface area contributed by atoms with E-state index < -0.39 is 11.6 Å². The molecule has 2 N–H and O–H groups in total. The van der Waals surface area contributed by atoms with Crippen LogP contribution in [0.1, 0.15) is 38.8 Å². The maximum Gasteiger partial charge on any atom is 0.319 e. The van der Waals surface area contributed by atoms with Crippen LogP contribution in [0.4, 0.5) is 14.9 Å². The average molecular weight is 382 g/mol. The van der Waals surface area contributed by atoms with E-state index in [2.05, 4.69) is 5.10 Å². The molecule has 2 heterocycles. The Labute approximate surface area is 162 Å². The molecule has 0 saturated heterocycles. The molecule has 1 aliphatic heterocycles. The highest BCUT2D eigenvalue weighted by Gasteiger charge is 2.39. The van der Waals surface area contributed by atoms with E-state index in [9.17, 15) is 9.18 Å². The summed E-state index contributed by atoms with van der Waals surface area (Å²) >= 11 is 0. The summed E-state index contributed by atoms with van der Waals surface area (Å²) in [5, 5.41) is 5.37. The first kappa shape index (κ1) is 18.3. The molecule has 0 bridgehead atoms. The topological polar surface area (TPSA) is 73.4 Å². The van der Waals surface area contributed by atoms with Crippen LogP contribution >= 0.6 is 0 Å². The van der Waals surface area contributed by atoms with Crippen molar-refractivity contribution in [1.82, 2.24) is 9.78 Å². The van der Waals surface area contributed by atoms with Crippen molar-refractivity contribution in [3.8, 4) is 5.75 Å². The number of nitrogens with zero attached hydrogens (tertiary/aromatic N) is 3. The normalized spacial score (nSPS) is 17.8. The fourth-order valence-corrected chi connectivity index (χ4v) is 3.91. The van der Waals surface area contributed by atoms with Crippen LogP contribution in [0.25, 0.3) is 10.9 Å². The van der Waals surface area contributed by atoms with Crippen molar-refractivity contribution in [2.45, 2.75) is 45.4 Å². The lowest BCUT2D eigenvalue weighted by Crippen LogP contribution is -2.46. The summed E-state index contributed by atoms with van der Waals surface area (Å²) in [7, 11) is 0. The zero-order chi connectivity index (χ0) is 20.1. The van der Waals surface area contributed by atoms with Crippen LogP contribution in [0, 0.1) is 5.82 Å². The predicted octanol–water partition coefficient (Wildman–Crippen LogP) is 4.38. The highest BCUT2D eigenvalue weighted by Crippen LogP contribution is 2.45. The first-order chi connectivity index (χ1) is 13.3. The molecule has 1 aliphatic rings. The number of primary amides is 1. The third kappa shape index (κ3) is 3.06. The van der Waals surface area contributed by atoms with Gasteiger partial charge in [0.25, 0.3) is 0 Å². The van der Waals surface area contributed by atoms with E-state index in [1.54, 1.807) is 11.0 Å². The van der Waals surface area contributed by atoms with Gasteiger partial charge in [-0.25, -0.2) is 9.18 Å². The molecule has 7 heteroatoms. The molecular weight excluding hydrogens is 359 g/mol. The number of hydrogen-bond acceptors (Lipinski definition) is 3. The number of ether oxygens (including phenoxy) is 1. The summed E-state index contributed by atoms with van der Waals surface area (Å²) in [4.78, 5) is 14.2. The molecule has 0 spiro atoms. The Bertz CT molecular complexity index is 1060. The van der Waals surface area contributed by atoms with Gasteiger partial charge in [-0.05, 0) is 39.0 Å². The van der Waals surface area contributed by atoms with Crippen molar-refractivity contribution in [2.24, 2.45) is 5.73 Å². The zero-order valence-corrected chi connectivity index (χ0v) is 16.1. The molecule has 2 aromatic carbocycles. The summed E-state index contributed by atoms with van der Waals surface area (Å²) in [6.07, 6.45) is 2.43. The van der Waals surface area contributed by atoms with Gasteiger partial charge in [0.15, 0.2) is 0 Å². The summed E-state index contributed by atoms with van der Waals surface area (Å²) in [6.45, 7) is 6.56. The summed E-state index contributed by atoms with van der Waals surface area (Å²) < 4.78 is 21.6. The van der Waals surface area contributed by atoms with Crippen LogP contribution in [0.15, 0.2) is 42.6 Å². The molecule has 146 valence electrons. The van der Waals surface area contributed by atoms with Gasteiger partial charge in [0, 0.05) is 36.2 Å². The third-order valence-electron chi connectivity index (χ3n) is 5.11. The second kappa shape index (κ2) is 6.51. The van der Waals surface area contributed by atoms with Crippen LogP contribution in [-0.2, 0) is 6.54 Å². The van der Waals surface area contributed by atoms with E-state index >= 15 is 0 Å². The number of rotatable bonds is 3. The Kier molecular flexibility index (Phi) is 4.25. The van der Waals surface area contributed by atoms with Crippen LogP contribution in [0.2, 0.25) is 0 Å². The highest BCUT2D eigenvalue weighted by molar-refractivity contribution is 6.02. The van der Waals surface area contributed by atoms with Crippen molar-refractivity contribution < 1.29 is 13.9 Å². The number of aryl methyl sites for hydroxylation is 1. The largest absolute Gasteiger partial charge is 0.487 e. The fourth-order valence-electron chi connectivity index (χ4n) is 3.91. The lowest BCUT2D eigenvalue weighted by atomic mass is 9.88. The predicted molar refractivity (Wildman–Crippen MR) is 106 cm³/mol. The Morgan fingerprint density at radius 3 is 2.89 bits per heavy atom. The number of benzene rings is 2. The quantitative estimate of drug-likeness (QED) is 0.730. The molecule has 4 rings (SSSR count). The van der Waals surface area contributed by atoms with Crippen molar-refractivity contribution >= 4 is 22.6 Å². The van der Waals surface area contributed by atoms with Crippen molar-refractivity contribution in [3.05, 3.63) is 54.0 Å². The van der Waals surface area contributed by atoms with Gasteiger partial charge in [-0.2, -0.15) is 5.10 Å². The van der Waals surface area contributed by atoms with E-state index in [0.29, 0.717) is 17.9 Å². The number of carbonyl (C=O) groups is 1. The molecule has 0 fully saturated rings. The van der Waals surface area contributed by atoms with Gasteiger partial charge < -0.3 is 10.5 Å². The van der Waals surface area contributed by atoms with Gasteiger partial charge in [0.2, 0.25) is 0 Å². The van der Waals surface area contributed by atoms with Gasteiger partial charge >= 0.3 is 6.03 Å². The lowest BCUT2D eigenvalue weighted by molar-refractivity contribution is 0.0719. The number of amides is 2. The Morgan fingerprint density at radius 1 is 1.39 bits per heavy atom. The van der Waals surface area contributed by atoms with Crippen molar-refractivity contribution in [1.29, 1.82) is 0 Å². The Balaban J connectivity index is 1.90. The van der Waals surface area contributed by atoms with Crippen LogP contribution in [0.3, 0.4) is 0 Å². The second-order valence-corrected chi connectivity index (χ2v) is 7.67. The van der Waals surface area contributed by atoms with Crippen LogP contribution in [0.5, 0.6) is 5.75 Å². The smallest absolute Gasteiger partial charge is 0.319 e. The molecule has 1 atom stereocenters. The molecule has 2 amide bonds. The molecule has 0 saturated carbocycles. The number of anilines is 1. The molecule has 0 aliphatic carbocycles. The van der Waals surface area contributed by atoms with Gasteiger partial charge in [0.1, 0.15) is 17.2 Å². The van der Waals surface area contributed by atoms with Crippen LogP contribution < -0.4 is 15.4 Å². The van der Waals surface area contributed by atoms with E-state index in [4.69, 9.17) is 10.5 Å². The fraction of sp³-hybridized carbons (Fsp3) is 0.333. The monoisotopic (exact) mass is 382 g/mol. The standard InChI is InChI=1S/C21H23FN4O2/c1-4-25-12-15-16(24-25)6-5-7-17(15)26(20(23)27)18-11-21(2,3)28-19-10-13(22)8-9-14(18)19/h5-10,12,18H,4,11H2,1-3H3,(H2,23,27). The molecule has 1 aromatic heterocycles. The van der Waals surface area contributed by atoms with Crippen LogP contribution in [-0.4, -0.2) is 21.4 Å². The number of hydrogen-bond donors (Lipinski definition) is 1. The van der Waals surface area contributed by atoms with E-state index in [-0.39, 0.29) is 11.9 Å². The number of urea groups is 1. The minimum Gasteiger partial charge on any atom is -0.487 e. The maximum absolute atomic E-state index is 13.8.